The fourth-order valence-corrected chi connectivity index (χ4v) is 5.68. The molecule has 0 fully saturated rings. The summed E-state index contributed by atoms with van der Waals surface area (Å²) in [7, 11) is -4.29. The lowest BCUT2D eigenvalue weighted by molar-refractivity contribution is -0.122. The van der Waals surface area contributed by atoms with Crippen LogP contribution in [0.1, 0.15) is 168 Å². The molecule has 3 N–H and O–H groups in total. The molecule has 0 rings (SSSR count). The van der Waals surface area contributed by atoms with Gasteiger partial charge in [-0.3, -0.25) is 9.35 Å². The number of aliphatic hydroxyl groups excluding tert-OH is 1. The van der Waals surface area contributed by atoms with Crippen molar-refractivity contribution in [3.05, 3.63) is 0 Å². The van der Waals surface area contributed by atoms with Crippen LogP contribution in [0.15, 0.2) is 0 Å². The predicted molar refractivity (Wildman–Crippen MR) is 157 cm³/mol. The summed E-state index contributed by atoms with van der Waals surface area (Å²) in [6.45, 7) is 4.46. The highest BCUT2D eigenvalue weighted by molar-refractivity contribution is 7.85. The van der Waals surface area contributed by atoms with Gasteiger partial charge in [-0.05, 0) is 12.8 Å². The van der Waals surface area contributed by atoms with Crippen molar-refractivity contribution in [2.45, 2.75) is 180 Å². The van der Waals surface area contributed by atoms with Gasteiger partial charge in [-0.15, -0.1) is 0 Å². The Hall–Kier alpha value is -0.660. The molecular formula is C30H61NO5S. The molecule has 0 aliphatic rings. The van der Waals surface area contributed by atoms with Crippen LogP contribution in [0.2, 0.25) is 0 Å². The Morgan fingerprint density at radius 1 is 0.622 bits per heavy atom. The lowest BCUT2D eigenvalue weighted by atomic mass is 10.0. The molecule has 0 aromatic heterocycles. The number of nitrogens with one attached hydrogen (secondary N) is 1. The third kappa shape index (κ3) is 26.7. The van der Waals surface area contributed by atoms with Gasteiger partial charge >= 0.3 is 0 Å². The number of hydrogen-bond acceptors (Lipinski definition) is 4. The molecule has 0 heterocycles. The number of rotatable bonds is 28. The molecule has 0 saturated carbocycles. The first-order chi connectivity index (χ1) is 17.8. The van der Waals surface area contributed by atoms with Gasteiger partial charge < -0.3 is 10.4 Å². The number of carbonyl (C=O) groups excluding carboxylic acids is 1. The Labute approximate surface area is 229 Å². The van der Waals surface area contributed by atoms with Gasteiger partial charge in [-0.1, -0.05) is 149 Å². The molecule has 0 aromatic rings. The molecule has 7 heteroatoms. The van der Waals surface area contributed by atoms with Crippen molar-refractivity contribution in [3.8, 4) is 0 Å². The Balaban J connectivity index is 3.98. The molecule has 37 heavy (non-hydrogen) atoms. The van der Waals surface area contributed by atoms with Gasteiger partial charge in [0.05, 0.1) is 17.9 Å². The van der Waals surface area contributed by atoms with Gasteiger partial charge in [0.15, 0.2) is 0 Å². The van der Waals surface area contributed by atoms with Crippen molar-refractivity contribution in [1.82, 2.24) is 5.32 Å². The number of carbonyl (C=O) groups is 1. The van der Waals surface area contributed by atoms with Crippen LogP contribution in [0.5, 0.6) is 0 Å². The minimum Gasteiger partial charge on any atom is -0.391 e. The molecule has 222 valence electrons. The molecule has 1 amide bonds. The Morgan fingerprint density at radius 2 is 0.973 bits per heavy atom. The standard InChI is InChI=1S/C30H61NO5S/c1-3-5-7-9-11-13-14-15-16-18-19-21-23-25-29(32)28(27-37(34,35)36)31-30(33)26-24-22-20-17-12-10-8-6-4-2/h28-29,32H,3-27H2,1-2H3,(H,31,33)(H,34,35,36). The predicted octanol–water partition coefficient (Wildman–Crippen LogP) is 8.12. The molecule has 0 saturated heterocycles. The number of aliphatic hydroxyl groups is 1. The maximum atomic E-state index is 12.3. The molecule has 6 nitrogen and oxygen atoms in total. The first-order valence-corrected chi connectivity index (χ1v) is 17.3. The smallest absolute Gasteiger partial charge is 0.266 e. The summed E-state index contributed by atoms with van der Waals surface area (Å²) in [6, 6.07) is -0.960. The molecule has 0 spiro atoms. The maximum Gasteiger partial charge on any atom is 0.266 e. The van der Waals surface area contributed by atoms with Crippen LogP contribution in [0.25, 0.3) is 0 Å². The Kier molecular flexibility index (Phi) is 25.2. The van der Waals surface area contributed by atoms with E-state index in [1.54, 1.807) is 0 Å². The van der Waals surface area contributed by atoms with E-state index in [9.17, 15) is 22.9 Å². The second kappa shape index (κ2) is 25.6. The van der Waals surface area contributed by atoms with E-state index in [0.717, 1.165) is 38.5 Å². The van der Waals surface area contributed by atoms with Crippen molar-refractivity contribution < 1.29 is 22.9 Å². The van der Waals surface area contributed by atoms with Crippen LogP contribution in [-0.4, -0.2) is 41.9 Å². The normalized spacial score (nSPS) is 13.5. The van der Waals surface area contributed by atoms with Gasteiger partial charge in [-0.2, -0.15) is 8.42 Å². The second-order valence-electron chi connectivity index (χ2n) is 11.1. The summed E-state index contributed by atoms with van der Waals surface area (Å²) in [6.07, 6.45) is 26.2. The highest BCUT2D eigenvalue weighted by Gasteiger charge is 2.26. The van der Waals surface area contributed by atoms with Gasteiger partial charge in [0.2, 0.25) is 5.91 Å². The average Bonchev–Trinajstić information content (AvgIpc) is 2.84. The van der Waals surface area contributed by atoms with Crippen molar-refractivity contribution in [2.24, 2.45) is 0 Å². The number of hydrogen-bond donors (Lipinski definition) is 3. The van der Waals surface area contributed by atoms with Gasteiger partial charge in [0.1, 0.15) is 0 Å². The lowest BCUT2D eigenvalue weighted by Crippen LogP contribution is -2.47. The molecule has 0 aliphatic carbocycles. The fourth-order valence-electron chi connectivity index (χ4n) is 4.92. The van der Waals surface area contributed by atoms with E-state index < -0.39 is 28.0 Å². The highest BCUT2D eigenvalue weighted by Crippen LogP contribution is 2.15. The number of unbranched alkanes of at least 4 members (excludes halogenated alkanes) is 20. The lowest BCUT2D eigenvalue weighted by Gasteiger charge is -2.23. The van der Waals surface area contributed by atoms with Gasteiger partial charge in [-0.25, -0.2) is 0 Å². The van der Waals surface area contributed by atoms with Crippen molar-refractivity contribution in [3.63, 3.8) is 0 Å². The summed E-state index contributed by atoms with van der Waals surface area (Å²) in [5.41, 5.74) is 0. The molecule has 0 radical (unpaired) electrons. The first-order valence-electron chi connectivity index (χ1n) is 15.7. The summed E-state index contributed by atoms with van der Waals surface area (Å²) in [4.78, 5) is 12.3. The molecule has 0 aromatic carbocycles. The molecular weight excluding hydrogens is 486 g/mol. The largest absolute Gasteiger partial charge is 0.391 e. The van der Waals surface area contributed by atoms with Gasteiger partial charge in [0.25, 0.3) is 10.1 Å². The van der Waals surface area contributed by atoms with E-state index in [2.05, 4.69) is 19.2 Å². The van der Waals surface area contributed by atoms with Crippen LogP contribution in [0.3, 0.4) is 0 Å². The zero-order valence-electron chi connectivity index (χ0n) is 24.4. The molecule has 2 atom stereocenters. The average molecular weight is 548 g/mol. The second-order valence-corrected chi connectivity index (χ2v) is 12.6. The molecule has 0 bridgehead atoms. The Morgan fingerprint density at radius 3 is 1.35 bits per heavy atom. The van der Waals surface area contributed by atoms with Crippen molar-refractivity contribution >= 4 is 16.0 Å². The van der Waals surface area contributed by atoms with Crippen LogP contribution >= 0.6 is 0 Å². The molecule has 2 unspecified atom stereocenters. The van der Waals surface area contributed by atoms with Crippen molar-refractivity contribution in [1.29, 1.82) is 0 Å². The first kappa shape index (κ1) is 36.3. The van der Waals surface area contributed by atoms with E-state index in [1.165, 1.54) is 103 Å². The zero-order chi connectivity index (χ0) is 27.6. The SMILES string of the molecule is CCCCCCCCCCCCCCCC(O)C(CS(=O)(=O)O)NC(=O)CCCCCCCCCCC. The topological polar surface area (TPSA) is 104 Å². The summed E-state index contributed by atoms with van der Waals surface area (Å²) in [5, 5.41) is 13.2. The highest BCUT2D eigenvalue weighted by atomic mass is 32.2. The van der Waals surface area contributed by atoms with Gasteiger partial charge in [0, 0.05) is 6.42 Å². The maximum absolute atomic E-state index is 12.3. The van der Waals surface area contributed by atoms with Crippen LogP contribution < -0.4 is 5.32 Å². The van der Waals surface area contributed by atoms with Crippen LogP contribution in [0, 0.1) is 0 Å². The number of amides is 1. The fraction of sp³-hybridized carbons (Fsp3) is 0.967. The van der Waals surface area contributed by atoms with E-state index >= 15 is 0 Å². The van der Waals surface area contributed by atoms with E-state index in [4.69, 9.17) is 0 Å². The third-order valence-corrected chi connectivity index (χ3v) is 8.09. The Bertz CT molecular complexity index is 611. The third-order valence-electron chi connectivity index (χ3n) is 7.31. The zero-order valence-corrected chi connectivity index (χ0v) is 25.2. The van der Waals surface area contributed by atoms with Crippen molar-refractivity contribution in [2.75, 3.05) is 5.75 Å². The quantitative estimate of drug-likeness (QED) is 0.0677. The van der Waals surface area contributed by atoms with Crippen LogP contribution in [0.4, 0.5) is 0 Å². The van der Waals surface area contributed by atoms with E-state index in [-0.39, 0.29) is 5.91 Å². The van der Waals surface area contributed by atoms with E-state index in [1.807, 2.05) is 0 Å². The molecule has 0 aliphatic heterocycles. The van der Waals surface area contributed by atoms with E-state index in [0.29, 0.717) is 12.8 Å². The minimum atomic E-state index is -4.29. The minimum absolute atomic E-state index is 0.249. The monoisotopic (exact) mass is 547 g/mol. The van der Waals surface area contributed by atoms with Crippen LogP contribution in [-0.2, 0) is 14.9 Å². The summed E-state index contributed by atoms with van der Waals surface area (Å²) in [5.74, 6) is -0.892. The summed E-state index contributed by atoms with van der Waals surface area (Å²) >= 11 is 0. The summed E-state index contributed by atoms with van der Waals surface area (Å²) < 4.78 is 32.2.